The smallest absolute Gasteiger partial charge is 0.243 e. The number of hydrogen-bond acceptors (Lipinski definition) is 9. The van der Waals surface area contributed by atoms with Gasteiger partial charge in [-0.05, 0) is 89.5 Å². The van der Waals surface area contributed by atoms with Gasteiger partial charge in [0.25, 0.3) is 0 Å². The summed E-state index contributed by atoms with van der Waals surface area (Å²) in [5.74, 6) is 0. The minimum atomic E-state index is -2.49. The highest BCUT2D eigenvalue weighted by Gasteiger charge is 2.43. The quantitative estimate of drug-likeness (QED) is 0.572. The summed E-state index contributed by atoms with van der Waals surface area (Å²) in [7, 11) is 13.5. The molecule has 1 aliphatic heterocycles. The van der Waals surface area contributed by atoms with Crippen molar-refractivity contribution in [1.82, 2.24) is 23.4 Å². The Labute approximate surface area is 177 Å². The first-order valence-electron chi connectivity index (χ1n) is 9.47. The summed E-state index contributed by atoms with van der Waals surface area (Å²) < 4.78 is 27.2. The summed E-state index contributed by atoms with van der Waals surface area (Å²) in [5, 5.41) is 3.74. The molecule has 1 aromatic carbocycles. The average Bonchev–Trinajstić information content (AvgIpc) is 2.62. The Morgan fingerprint density at radius 2 is 1.00 bits per heavy atom. The molecule has 0 fully saturated rings. The molecule has 0 aromatic heterocycles. The number of rotatable bonds is 7. The van der Waals surface area contributed by atoms with Crippen LogP contribution in [-0.4, -0.2) is 93.8 Å². The van der Waals surface area contributed by atoms with Gasteiger partial charge in [0.15, 0.2) is 0 Å². The lowest BCUT2D eigenvalue weighted by atomic mass is 10.2. The summed E-state index contributed by atoms with van der Waals surface area (Å²) >= 11 is 0. The van der Waals surface area contributed by atoms with Gasteiger partial charge in [0.2, 0.25) is 22.5 Å². The Morgan fingerprint density at radius 3 is 1.38 bits per heavy atom. The maximum absolute atomic E-state index is 5.45. The van der Waals surface area contributed by atoms with Crippen LogP contribution in [-0.2, 0) is 0 Å². The molecule has 1 aromatic rings. The van der Waals surface area contributed by atoms with Crippen molar-refractivity contribution < 1.29 is 0 Å². The molecule has 1 unspecified atom stereocenters. The van der Waals surface area contributed by atoms with E-state index in [-0.39, 0.29) is 0 Å². The van der Waals surface area contributed by atoms with Crippen LogP contribution in [0.25, 0.3) is 0 Å². The number of benzene rings is 1. The monoisotopic (exact) mass is 461 g/mol. The summed E-state index contributed by atoms with van der Waals surface area (Å²) in [6.45, 7) is 2.10. The van der Waals surface area contributed by atoms with E-state index in [1.807, 2.05) is 0 Å². The van der Waals surface area contributed by atoms with Crippen molar-refractivity contribution in [2.45, 2.75) is 6.92 Å². The van der Waals surface area contributed by atoms with Crippen LogP contribution in [0.4, 0.5) is 5.69 Å². The molecule has 0 aliphatic carbocycles. The lowest BCUT2D eigenvalue weighted by molar-refractivity contribution is 0.543. The van der Waals surface area contributed by atoms with E-state index in [1.54, 1.807) is 0 Å². The van der Waals surface area contributed by atoms with E-state index in [1.165, 1.54) is 5.56 Å². The van der Waals surface area contributed by atoms with Crippen molar-refractivity contribution in [3.05, 3.63) is 29.8 Å². The molecule has 0 amide bonds. The van der Waals surface area contributed by atoms with E-state index in [0.717, 1.165) is 5.69 Å². The minimum absolute atomic E-state index is 1.03. The molecular weight excluding hydrogens is 423 g/mol. The number of aryl methyl sites for hydroxylation is 1. The van der Waals surface area contributed by atoms with E-state index in [4.69, 9.17) is 13.5 Å². The molecule has 9 nitrogen and oxygen atoms in total. The second kappa shape index (κ2) is 8.94. The van der Waals surface area contributed by atoms with Crippen LogP contribution in [0, 0.1) is 6.92 Å². The van der Waals surface area contributed by atoms with Crippen LogP contribution in [0.2, 0.25) is 0 Å². The Bertz CT molecular complexity index is 842. The molecule has 0 saturated heterocycles. The zero-order valence-electron chi connectivity index (χ0n) is 19.7. The van der Waals surface area contributed by atoms with Crippen LogP contribution in [0.15, 0.2) is 37.8 Å². The van der Waals surface area contributed by atoms with Crippen LogP contribution in [0.5, 0.6) is 0 Å². The standard InChI is InChI=1S/C17H38N9P3/c1-16-12-14-17(15-13-16)18-27(22(2)3)19-28(23(4)5,24(6)7)21-29(20-27,25(8)9)26(10)11/h12-15,18H,1-11H3. The number of nitrogens with one attached hydrogen (secondary N) is 1. The van der Waals surface area contributed by atoms with Crippen LogP contribution >= 0.6 is 22.5 Å². The van der Waals surface area contributed by atoms with E-state index >= 15 is 0 Å². The van der Waals surface area contributed by atoms with E-state index in [0.29, 0.717) is 0 Å². The third-order valence-electron chi connectivity index (χ3n) is 4.76. The maximum atomic E-state index is 5.45. The predicted molar refractivity (Wildman–Crippen MR) is 131 cm³/mol. The molecular formula is C17H38N9P3. The first-order chi connectivity index (χ1) is 13.3. The van der Waals surface area contributed by atoms with Gasteiger partial charge in [-0.25, -0.2) is 23.4 Å². The van der Waals surface area contributed by atoms with Gasteiger partial charge in [0.05, 0.1) is 0 Å². The van der Waals surface area contributed by atoms with Crippen LogP contribution in [0.3, 0.4) is 0 Å². The van der Waals surface area contributed by atoms with Crippen molar-refractivity contribution in [3.8, 4) is 0 Å². The Balaban J connectivity index is 2.96. The van der Waals surface area contributed by atoms with Gasteiger partial charge in [0.1, 0.15) is 0 Å². The van der Waals surface area contributed by atoms with Gasteiger partial charge in [-0.3, -0.25) is 0 Å². The SMILES string of the molecule is Cc1ccc(NP2(N(C)C)=NP(N(C)C)(N(C)C)=NP(N(C)C)(N(C)C)=N2)cc1. The molecule has 1 aliphatic rings. The van der Waals surface area contributed by atoms with E-state index in [2.05, 4.69) is 130 Å². The largest absolute Gasteiger partial charge is 0.323 e. The Hall–Kier alpha value is -0.490. The predicted octanol–water partition coefficient (Wildman–Crippen LogP) is 5.07. The normalized spacial score (nSPS) is 23.3. The van der Waals surface area contributed by atoms with Gasteiger partial charge in [0, 0.05) is 5.69 Å². The fourth-order valence-electron chi connectivity index (χ4n) is 3.01. The average molecular weight is 461 g/mol. The highest BCUT2D eigenvalue weighted by molar-refractivity contribution is 7.84. The molecule has 2 rings (SSSR count). The van der Waals surface area contributed by atoms with Crippen molar-refractivity contribution in [1.29, 1.82) is 0 Å². The molecule has 0 saturated carbocycles. The second-order valence-electron chi connectivity index (χ2n) is 8.12. The summed E-state index contributed by atoms with van der Waals surface area (Å²) in [6.07, 6.45) is 0. The van der Waals surface area contributed by atoms with Crippen molar-refractivity contribution in [3.63, 3.8) is 0 Å². The van der Waals surface area contributed by atoms with Gasteiger partial charge in [-0.2, -0.15) is 13.5 Å². The zero-order valence-corrected chi connectivity index (χ0v) is 22.4. The fourth-order valence-corrected chi connectivity index (χ4v) is 17.3. The van der Waals surface area contributed by atoms with E-state index < -0.39 is 22.5 Å². The third-order valence-corrected chi connectivity index (χ3v) is 16.6. The lowest BCUT2D eigenvalue weighted by Crippen LogP contribution is -2.27. The van der Waals surface area contributed by atoms with Gasteiger partial charge >= 0.3 is 0 Å². The first kappa shape index (κ1) is 24.8. The number of hydrogen-bond donors (Lipinski definition) is 1. The highest BCUT2D eigenvalue weighted by atomic mass is 31.3. The first-order valence-corrected chi connectivity index (χ1v) is 14.3. The summed E-state index contributed by atoms with van der Waals surface area (Å²) in [5.41, 5.74) is 2.26. The molecule has 1 atom stereocenters. The van der Waals surface area contributed by atoms with Gasteiger partial charge in [-0.1, -0.05) is 17.7 Å². The highest BCUT2D eigenvalue weighted by Crippen LogP contribution is 2.80. The van der Waals surface area contributed by atoms with Crippen molar-refractivity contribution in [2.75, 3.05) is 75.6 Å². The van der Waals surface area contributed by atoms with Crippen molar-refractivity contribution in [2.24, 2.45) is 13.5 Å². The molecule has 29 heavy (non-hydrogen) atoms. The Morgan fingerprint density at radius 1 is 0.586 bits per heavy atom. The van der Waals surface area contributed by atoms with Gasteiger partial charge < -0.3 is 5.09 Å². The van der Waals surface area contributed by atoms with Crippen LogP contribution < -0.4 is 5.09 Å². The number of nitrogens with zero attached hydrogens (tertiary/aromatic N) is 8. The fraction of sp³-hybridized carbons (Fsp3) is 0.647. The zero-order chi connectivity index (χ0) is 22.2. The summed E-state index contributed by atoms with van der Waals surface area (Å²) in [6, 6.07) is 8.44. The molecule has 0 bridgehead atoms. The van der Waals surface area contributed by atoms with Gasteiger partial charge in [-0.15, -0.1) is 0 Å². The minimum Gasteiger partial charge on any atom is -0.323 e. The molecule has 1 heterocycles. The van der Waals surface area contributed by atoms with Crippen LogP contribution in [0.1, 0.15) is 5.56 Å². The molecule has 12 heteroatoms. The molecule has 0 spiro atoms. The Kier molecular flexibility index (Phi) is 7.64. The molecule has 0 radical (unpaired) electrons. The third kappa shape index (κ3) is 4.58. The molecule has 166 valence electrons. The molecule has 1 N–H and O–H groups in total. The maximum Gasteiger partial charge on any atom is 0.243 e. The van der Waals surface area contributed by atoms with E-state index in [9.17, 15) is 0 Å². The summed E-state index contributed by atoms with van der Waals surface area (Å²) in [4.78, 5) is 0. The lowest BCUT2D eigenvalue weighted by Gasteiger charge is -2.46. The van der Waals surface area contributed by atoms with Crippen molar-refractivity contribution >= 4 is 28.2 Å². The topological polar surface area (TPSA) is 65.3 Å². The second-order valence-corrected chi connectivity index (χ2v) is 17.8. The number of anilines is 1.